The van der Waals surface area contributed by atoms with Crippen LogP contribution in [0.3, 0.4) is 0 Å². The quantitative estimate of drug-likeness (QED) is 0.838. The van der Waals surface area contributed by atoms with Gasteiger partial charge in [0.15, 0.2) is 0 Å². The SMILES string of the molecule is CCN1CCC[C@@H]1CN1C[C@@H](C(=O)Nc2ccc(N)nc2)CC1=O. The molecule has 1 aromatic heterocycles. The van der Waals surface area contributed by atoms with Crippen molar-refractivity contribution in [1.29, 1.82) is 0 Å². The van der Waals surface area contributed by atoms with Crippen LogP contribution >= 0.6 is 0 Å². The number of anilines is 2. The van der Waals surface area contributed by atoms with Gasteiger partial charge < -0.3 is 16.0 Å². The van der Waals surface area contributed by atoms with Crippen LogP contribution in [0, 0.1) is 5.92 Å². The third-order valence-electron chi connectivity index (χ3n) is 4.98. The zero-order valence-corrected chi connectivity index (χ0v) is 14.1. The minimum absolute atomic E-state index is 0.0773. The molecule has 2 aliphatic heterocycles. The number of rotatable bonds is 5. The number of carbonyl (C=O) groups is 2. The summed E-state index contributed by atoms with van der Waals surface area (Å²) in [5, 5.41) is 2.82. The second kappa shape index (κ2) is 7.17. The molecule has 0 bridgehead atoms. The molecule has 0 radical (unpaired) electrons. The summed E-state index contributed by atoms with van der Waals surface area (Å²) in [4.78, 5) is 32.9. The molecule has 3 rings (SSSR count). The Bertz CT molecular complexity index is 604. The molecule has 2 saturated heterocycles. The highest BCUT2D eigenvalue weighted by molar-refractivity contribution is 5.97. The van der Waals surface area contributed by atoms with Crippen molar-refractivity contribution in [3.05, 3.63) is 18.3 Å². The number of carbonyl (C=O) groups excluding carboxylic acids is 2. The second-order valence-electron chi connectivity index (χ2n) is 6.59. The van der Waals surface area contributed by atoms with Crippen molar-refractivity contribution in [2.24, 2.45) is 5.92 Å². The lowest BCUT2D eigenvalue weighted by molar-refractivity contribution is -0.128. The Labute approximate surface area is 142 Å². The minimum Gasteiger partial charge on any atom is -0.384 e. The van der Waals surface area contributed by atoms with Crippen LogP contribution in [0.5, 0.6) is 0 Å². The topological polar surface area (TPSA) is 91.6 Å². The van der Waals surface area contributed by atoms with E-state index in [0.29, 0.717) is 24.1 Å². The Hall–Kier alpha value is -2.15. The third kappa shape index (κ3) is 3.67. The van der Waals surface area contributed by atoms with Crippen molar-refractivity contribution in [1.82, 2.24) is 14.8 Å². The van der Waals surface area contributed by atoms with Gasteiger partial charge in [-0.1, -0.05) is 6.92 Å². The number of likely N-dealkylation sites (tertiary alicyclic amines) is 2. The van der Waals surface area contributed by atoms with E-state index >= 15 is 0 Å². The number of hydrogen-bond acceptors (Lipinski definition) is 5. The molecule has 24 heavy (non-hydrogen) atoms. The Kier molecular flexibility index (Phi) is 4.99. The molecule has 0 saturated carbocycles. The molecule has 2 fully saturated rings. The van der Waals surface area contributed by atoms with E-state index in [4.69, 9.17) is 5.73 Å². The summed E-state index contributed by atoms with van der Waals surface area (Å²) in [5.74, 6) is 0.0588. The number of aromatic nitrogens is 1. The predicted octanol–water partition coefficient (Wildman–Crippen LogP) is 0.935. The van der Waals surface area contributed by atoms with E-state index in [9.17, 15) is 9.59 Å². The van der Waals surface area contributed by atoms with E-state index in [1.807, 2.05) is 4.90 Å². The normalized spacial score (nSPS) is 24.5. The molecule has 2 atom stereocenters. The first-order chi connectivity index (χ1) is 11.6. The summed E-state index contributed by atoms with van der Waals surface area (Å²) in [6.45, 7) is 5.51. The smallest absolute Gasteiger partial charge is 0.229 e. The van der Waals surface area contributed by atoms with Crippen molar-refractivity contribution in [3.63, 3.8) is 0 Å². The van der Waals surface area contributed by atoms with Crippen molar-refractivity contribution in [3.8, 4) is 0 Å². The van der Waals surface area contributed by atoms with Gasteiger partial charge in [0, 0.05) is 25.6 Å². The molecule has 130 valence electrons. The van der Waals surface area contributed by atoms with Crippen LogP contribution in [0.1, 0.15) is 26.2 Å². The van der Waals surface area contributed by atoms with Gasteiger partial charge in [-0.05, 0) is 38.1 Å². The molecule has 2 amide bonds. The summed E-state index contributed by atoms with van der Waals surface area (Å²) in [6.07, 6.45) is 4.13. The van der Waals surface area contributed by atoms with Gasteiger partial charge in [-0.25, -0.2) is 4.98 Å². The van der Waals surface area contributed by atoms with Crippen molar-refractivity contribution in [2.75, 3.05) is 37.2 Å². The molecular formula is C17H25N5O2. The number of hydrogen-bond donors (Lipinski definition) is 2. The number of nitrogens with one attached hydrogen (secondary N) is 1. The molecule has 3 heterocycles. The fraction of sp³-hybridized carbons (Fsp3) is 0.588. The van der Waals surface area contributed by atoms with Gasteiger partial charge in [0.2, 0.25) is 11.8 Å². The fourth-order valence-electron chi connectivity index (χ4n) is 3.62. The van der Waals surface area contributed by atoms with Crippen LogP contribution in [0.25, 0.3) is 0 Å². The van der Waals surface area contributed by atoms with E-state index < -0.39 is 0 Å². The summed E-state index contributed by atoms with van der Waals surface area (Å²) >= 11 is 0. The molecule has 2 aliphatic rings. The van der Waals surface area contributed by atoms with Gasteiger partial charge in [-0.15, -0.1) is 0 Å². The summed E-state index contributed by atoms with van der Waals surface area (Å²) < 4.78 is 0. The van der Waals surface area contributed by atoms with Crippen LogP contribution in [0.2, 0.25) is 0 Å². The van der Waals surface area contributed by atoms with Crippen LogP contribution in [0.4, 0.5) is 11.5 Å². The molecular weight excluding hydrogens is 306 g/mol. The second-order valence-corrected chi connectivity index (χ2v) is 6.59. The Morgan fingerprint density at radius 3 is 3.00 bits per heavy atom. The lowest BCUT2D eigenvalue weighted by Gasteiger charge is -2.27. The van der Waals surface area contributed by atoms with E-state index in [2.05, 4.69) is 22.1 Å². The van der Waals surface area contributed by atoms with Gasteiger partial charge in [0.25, 0.3) is 0 Å². The molecule has 7 heteroatoms. The van der Waals surface area contributed by atoms with E-state index in [1.54, 1.807) is 12.1 Å². The number of likely N-dealkylation sites (N-methyl/N-ethyl adjacent to an activating group) is 1. The molecule has 0 aliphatic carbocycles. The average Bonchev–Trinajstić information content (AvgIpc) is 3.17. The Morgan fingerprint density at radius 1 is 1.46 bits per heavy atom. The van der Waals surface area contributed by atoms with E-state index in [0.717, 1.165) is 26.1 Å². The average molecular weight is 331 g/mol. The Balaban J connectivity index is 1.55. The van der Waals surface area contributed by atoms with E-state index in [1.165, 1.54) is 12.6 Å². The molecule has 0 aromatic carbocycles. The monoisotopic (exact) mass is 331 g/mol. The first-order valence-electron chi connectivity index (χ1n) is 8.61. The predicted molar refractivity (Wildman–Crippen MR) is 92.2 cm³/mol. The lowest BCUT2D eigenvalue weighted by atomic mass is 10.1. The first-order valence-corrected chi connectivity index (χ1v) is 8.61. The summed E-state index contributed by atoms with van der Waals surface area (Å²) in [7, 11) is 0. The Morgan fingerprint density at radius 2 is 2.29 bits per heavy atom. The zero-order chi connectivity index (χ0) is 17.1. The largest absolute Gasteiger partial charge is 0.384 e. The first kappa shape index (κ1) is 16.7. The van der Waals surface area contributed by atoms with Crippen LogP contribution < -0.4 is 11.1 Å². The maximum atomic E-state index is 12.4. The van der Waals surface area contributed by atoms with Gasteiger partial charge in [0.1, 0.15) is 5.82 Å². The lowest BCUT2D eigenvalue weighted by Crippen LogP contribution is -2.41. The summed E-state index contributed by atoms with van der Waals surface area (Å²) in [5.41, 5.74) is 6.14. The summed E-state index contributed by atoms with van der Waals surface area (Å²) in [6, 6.07) is 3.79. The molecule has 0 unspecified atom stereocenters. The van der Waals surface area contributed by atoms with Crippen molar-refractivity contribution >= 4 is 23.3 Å². The third-order valence-corrected chi connectivity index (χ3v) is 4.98. The highest BCUT2D eigenvalue weighted by atomic mass is 16.2. The highest BCUT2D eigenvalue weighted by Crippen LogP contribution is 2.24. The number of nitrogens with two attached hydrogens (primary N) is 1. The van der Waals surface area contributed by atoms with Gasteiger partial charge >= 0.3 is 0 Å². The number of amides is 2. The van der Waals surface area contributed by atoms with Crippen molar-refractivity contribution in [2.45, 2.75) is 32.2 Å². The molecule has 7 nitrogen and oxygen atoms in total. The minimum atomic E-state index is -0.300. The maximum absolute atomic E-state index is 12.4. The molecule has 3 N–H and O–H groups in total. The number of nitrogen functional groups attached to an aromatic ring is 1. The van der Waals surface area contributed by atoms with Crippen LogP contribution in [-0.2, 0) is 9.59 Å². The molecule has 1 aromatic rings. The maximum Gasteiger partial charge on any atom is 0.229 e. The van der Waals surface area contributed by atoms with Crippen molar-refractivity contribution < 1.29 is 9.59 Å². The van der Waals surface area contributed by atoms with Crippen LogP contribution in [0.15, 0.2) is 18.3 Å². The number of nitrogens with zero attached hydrogens (tertiary/aromatic N) is 3. The highest BCUT2D eigenvalue weighted by Gasteiger charge is 2.36. The van der Waals surface area contributed by atoms with Crippen LogP contribution in [-0.4, -0.2) is 58.8 Å². The van der Waals surface area contributed by atoms with Gasteiger partial charge in [-0.3, -0.25) is 14.5 Å². The number of pyridine rings is 1. The van der Waals surface area contributed by atoms with Gasteiger partial charge in [-0.2, -0.15) is 0 Å². The fourth-order valence-corrected chi connectivity index (χ4v) is 3.62. The molecule has 0 spiro atoms. The van der Waals surface area contributed by atoms with Gasteiger partial charge in [0.05, 0.1) is 17.8 Å². The zero-order valence-electron chi connectivity index (χ0n) is 14.1. The standard InChI is InChI=1S/C17H25N5O2/c1-2-21-7-3-4-14(21)11-22-10-12(8-16(22)23)17(24)20-13-5-6-15(18)19-9-13/h5-6,9,12,14H,2-4,7-8,10-11H2,1H3,(H2,18,19)(H,20,24)/t12-,14+/m0/s1. The van der Waals surface area contributed by atoms with E-state index in [-0.39, 0.29) is 24.2 Å².